The summed E-state index contributed by atoms with van der Waals surface area (Å²) >= 11 is 0. The van der Waals surface area contributed by atoms with Gasteiger partial charge in [-0.3, -0.25) is 0 Å². The van der Waals surface area contributed by atoms with Crippen molar-refractivity contribution in [3.63, 3.8) is 0 Å². The van der Waals surface area contributed by atoms with E-state index in [9.17, 15) is 0 Å². The van der Waals surface area contributed by atoms with Crippen LogP contribution in [0.5, 0.6) is 0 Å². The Bertz CT molecular complexity index is 3430. The molecule has 5 aliphatic rings. The Morgan fingerprint density at radius 2 is 1.24 bits per heavy atom. The first kappa shape index (κ1) is 35.4. The van der Waals surface area contributed by atoms with Crippen molar-refractivity contribution < 1.29 is 0 Å². The Kier molecular flexibility index (Phi) is 7.28. The lowest BCUT2D eigenvalue weighted by atomic mass is 9.71. The summed E-state index contributed by atoms with van der Waals surface area (Å²) in [6.07, 6.45) is 5.01. The highest BCUT2D eigenvalue weighted by atomic mass is 15.0. The van der Waals surface area contributed by atoms with Gasteiger partial charge in [0.15, 0.2) is 0 Å². The van der Waals surface area contributed by atoms with Gasteiger partial charge in [0.05, 0.1) is 28.5 Å². The third kappa shape index (κ3) is 5.01. The molecular weight excluding hydrogens is 761 g/mol. The first-order chi connectivity index (χ1) is 31.0. The van der Waals surface area contributed by atoms with E-state index >= 15 is 0 Å². The van der Waals surface area contributed by atoms with Crippen LogP contribution < -0.4 is 5.32 Å². The van der Waals surface area contributed by atoms with E-state index in [2.05, 4.69) is 212 Å². The van der Waals surface area contributed by atoms with Crippen LogP contribution in [0.3, 0.4) is 0 Å². The molecule has 0 amide bonds. The van der Waals surface area contributed by atoms with Gasteiger partial charge in [-0.25, -0.2) is 0 Å². The molecule has 4 unspecified atom stereocenters. The quantitative estimate of drug-likeness (QED) is 0.177. The molecule has 1 aromatic heterocycles. The molecule has 1 N–H and O–H groups in total. The van der Waals surface area contributed by atoms with E-state index in [0.29, 0.717) is 17.8 Å². The van der Waals surface area contributed by atoms with Crippen LogP contribution in [-0.2, 0) is 11.8 Å². The number of rotatable bonds is 6. The summed E-state index contributed by atoms with van der Waals surface area (Å²) < 4.78 is 2.44. The van der Waals surface area contributed by atoms with Gasteiger partial charge in [0.25, 0.3) is 0 Å². The Labute approximate surface area is 368 Å². The Morgan fingerprint density at radius 1 is 0.571 bits per heavy atom. The number of anilines is 1. The predicted molar refractivity (Wildman–Crippen MR) is 262 cm³/mol. The summed E-state index contributed by atoms with van der Waals surface area (Å²) in [7, 11) is 0. The summed E-state index contributed by atoms with van der Waals surface area (Å²) in [5, 5.41) is 6.71. The molecule has 5 aliphatic carbocycles. The number of aromatic nitrogens is 1. The second-order valence-electron chi connectivity index (χ2n) is 19.2. The highest BCUT2D eigenvalue weighted by molar-refractivity contribution is 6.10. The van der Waals surface area contributed by atoms with E-state index in [1.54, 1.807) is 16.7 Å². The number of hydrogen-bond acceptors (Lipinski definition) is 1. The highest BCUT2D eigenvalue weighted by Crippen LogP contribution is 2.65. The van der Waals surface area contributed by atoms with Crippen LogP contribution >= 0.6 is 0 Å². The molecule has 2 heteroatoms. The lowest BCUT2D eigenvalue weighted by Crippen LogP contribution is -2.16. The van der Waals surface area contributed by atoms with Crippen molar-refractivity contribution in [1.29, 1.82) is 0 Å². The molecule has 63 heavy (non-hydrogen) atoms. The van der Waals surface area contributed by atoms with Gasteiger partial charge in [0.2, 0.25) is 0 Å². The largest absolute Gasteiger partial charge is 0.372 e. The minimum atomic E-state index is -0.113. The molecule has 8 aromatic carbocycles. The fourth-order valence-corrected chi connectivity index (χ4v) is 12.5. The number of nitrogens with one attached hydrogen (secondary N) is 1. The van der Waals surface area contributed by atoms with Crippen LogP contribution in [0.25, 0.3) is 60.9 Å². The SMILES string of the molecule is CC1(C)c2ccccc2-c2cc(C(Nc3ccccc3-n3c4ccccc4c4ccccc43)c3ccc(-c4cccc5c4C4=CC6CC6C6=C4C(C5)c4ccccc46)cc3)ccc21. The second kappa shape index (κ2) is 12.9. The summed E-state index contributed by atoms with van der Waals surface area (Å²) in [6, 6.07) is 68.4. The van der Waals surface area contributed by atoms with Gasteiger partial charge in [-0.1, -0.05) is 172 Å². The van der Waals surface area contributed by atoms with Crippen molar-refractivity contribution in [3.05, 3.63) is 238 Å². The average Bonchev–Trinajstić information content (AvgIpc) is 3.86. The summed E-state index contributed by atoms with van der Waals surface area (Å²) in [5.41, 5.74) is 26.0. The molecule has 300 valence electrons. The van der Waals surface area contributed by atoms with E-state index < -0.39 is 0 Å². The van der Waals surface area contributed by atoms with Crippen LogP contribution in [0.1, 0.15) is 76.7 Å². The zero-order valence-electron chi connectivity index (χ0n) is 35.6. The number of nitrogens with zero attached hydrogens (tertiary/aromatic N) is 1. The van der Waals surface area contributed by atoms with Crippen LogP contribution in [0.4, 0.5) is 5.69 Å². The molecule has 1 saturated carbocycles. The molecule has 14 rings (SSSR count). The van der Waals surface area contributed by atoms with E-state index in [-0.39, 0.29) is 11.5 Å². The van der Waals surface area contributed by atoms with E-state index in [0.717, 1.165) is 17.8 Å². The maximum absolute atomic E-state index is 4.18. The maximum Gasteiger partial charge on any atom is 0.0768 e. The summed E-state index contributed by atoms with van der Waals surface area (Å²) in [5.74, 6) is 1.83. The van der Waals surface area contributed by atoms with Crippen molar-refractivity contribution in [2.24, 2.45) is 11.8 Å². The van der Waals surface area contributed by atoms with Gasteiger partial charge < -0.3 is 9.88 Å². The van der Waals surface area contributed by atoms with Crippen molar-refractivity contribution >= 4 is 38.6 Å². The van der Waals surface area contributed by atoms with Crippen LogP contribution in [-0.4, -0.2) is 4.57 Å². The van der Waals surface area contributed by atoms with E-state index in [1.165, 1.54) is 95.0 Å². The predicted octanol–water partition coefficient (Wildman–Crippen LogP) is 15.1. The van der Waals surface area contributed by atoms with Crippen molar-refractivity contribution in [2.45, 2.75) is 44.1 Å². The topological polar surface area (TPSA) is 17.0 Å². The second-order valence-corrected chi connectivity index (χ2v) is 19.2. The molecule has 0 spiro atoms. The average molecular weight is 807 g/mol. The maximum atomic E-state index is 4.18. The van der Waals surface area contributed by atoms with E-state index in [4.69, 9.17) is 0 Å². The molecule has 4 atom stereocenters. The number of benzene rings is 8. The first-order valence-corrected chi connectivity index (χ1v) is 22.9. The lowest BCUT2D eigenvalue weighted by molar-refractivity contribution is 0.660. The van der Waals surface area contributed by atoms with Gasteiger partial charge in [-0.15, -0.1) is 0 Å². The lowest BCUT2D eigenvalue weighted by Gasteiger charge is -2.32. The molecule has 2 nitrogen and oxygen atoms in total. The molecule has 0 aliphatic heterocycles. The van der Waals surface area contributed by atoms with Crippen molar-refractivity contribution in [1.82, 2.24) is 4.57 Å². The fourth-order valence-electron chi connectivity index (χ4n) is 12.5. The molecule has 1 heterocycles. The summed E-state index contributed by atoms with van der Waals surface area (Å²) in [4.78, 5) is 0. The van der Waals surface area contributed by atoms with Gasteiger partial charge >= 0.3 is 0 Å². The molecule has 0 bridgehead atoms. The molecule has 1 fully saturated rings. The van der Waals surface area contributed by atoms with Gasteiger partial charge in [0.1, 0.15) is 0 Å². The van der Waals surface area contributed by atoms with Gasteiger partial charge in [-0.05, 0) is 138 Å². The fraction of sp³-hybridized carbons (Fsp3) is 0.148. The zero-order chi connectivity index (χ0) is 41.6. The number of para-hydroxylation sites is 4. The molecule has 0 saturated heterocycles. The minimum Gasteiger partial charge on any atom is -0.372 e. The smallest absolute Gasteiger partial charge is 0.0768 e. The Hall–Kier alpha value is -7.16. The monoisotopic (exact) mass is 806 g/mol. The standard InChI is InChI=1S/C61H46N2/c1-61(2)51-21-8-5-16-43(51)48-33-39(30-31-52(48)61)60(62-53-22-9-12-25-56(53)63-54-23-10-6-17-44(54)45-18-7-11-24-55(45)63)37-28-26-36(27-29-37)41-20-13-14-38-32-49-42-15-3-4-19-46(42)58-47-34-40(47)35-50(57(38)41)59(49)58/h3-31,33,35,40,47,49,60,62H,32,34H2,1-2H3. The number of allylic oxidation sites excluding steroid dienone is 4. The number of fused-ring (bicyclic) bond motifs is 13. The van der Waals surface area contributed by atoms with Crippen LogP contribution in [0.2, 0.25) is 0 Å². The van der Waals surface area contributed by atoms with Crippen LogP contribution in [0, 0.1) is 11.8 Å². The summed E-state index contributed by atoms with van der Waals surface area (Å²) in [6.45, 7) is 4.73. The van der Waals surface area contributed by atoms with Gasteiger partial charge in [0, 0.05) is 22.1 Å². The van der Waals surface area contributed by atoms with Crippen molar-refractivity contribution in [3.8, 4) is 27.9 Å². The highest BCUT2D eigenvalue weighted by Gasteiger charge is 2.50. The molecule has 0 radical (unpaired) electrons. The molecular formula is C61H46N2. The minimum absolute atomic E-state index is 0.0563. The third-order valence-electron chi connectivity index (χ3n) is 15.5. The molecule has 9 aromatic rings. The Morgan fingerprint density at radius 3 is 2.06 bits per heavy atom. The Balaban J connectivity index is 0.908. The first-order valence-electron chi connectivity index (χ1n) is 22.9. The third-order valence-corrected chi connectivity index (χ3v) is 15.5. The zero-order valence-corrected chi connectivity index (χ0v) is 35.6. The normalized spacial score (nSPS) is 19.7. The van der Waals surface area contributed by atoms with Crippen molar-refractivity contribution in [2.75, 3.05) is 5.32 Å². The van der Waals surface area contributed by atoms with E-state index in [1.807, 2.05) is 0 Å². The van der Waals surface area contributed by atoms with Gasteiger partial charge in [-0.2, -0.15) is 0 Å². The number of hydrogen-bond donors (Lipinski definition) is 1. The van der Waals surface area contributed by atoms with Crippen LogP contribution in [0.15, 0.2) is 194 Å².